The van der Waals surface area contributed by atoms with Crippen LogP contribution < -0.4 is 0 Å². The fourth-order valence-electron chi connectivity index (χ4n) is 12.2. The summed E-state index contributed by atoms with van der Waals surface area (Å²) in [7, 11) is 0. The van der Waals surface area contributed by atoms with Crippen molar-refractivity contribution < 1.29 is 0 Å². The van der Waals surface area contributed by atoms with Crippen molar-refractivity contribution in [1.82, 2.24) is 29.9 Å². The van der Waals surface area contributed by atoms with Crippen LogP contribution in [0.1, 0.15) is 105 Å². The molecule has 6 heteroatoms. The van der Waals surface area contributed by atoms with Crippen molar-refractivity contribution in [1.29, 1.82) is 0 Å². The van der Waals surface area contributed by atoms with E-state index in [1.165, 1.54) is 54.9 Å². The van der Waals surface area contributed by atoms with Gasteiger partial charge in [0.1, 0.15) is 0 Å². The summed E-state index contributed by atoms with van der Waals surface area (Å²) in [6, 6.07) is 87.5. The van der Waals surface area contributed by atoms with Crippen LogP contribution in [-0.4, -0.2) is 29.9 Å². The number of hydrogen-bond acceptors (Lipinski definition) is 6. The SMILES string of the molecule is CC(C)(C)c1ccc(-c2nc(-c3ccc(-c4ccccc4-c4c5ccccc5c(-c5ccccc5-c5ccc(-c6nc(-c7ccc(C(C)(C)C)cc7)nc(-c7ccc(C(C)(C)C)cc7)n6)cc5)c5ccccc45)cc3)nc(-c3ccc(C(C)(C)C)cc3)n2)cc1. The van der Waals surface area contributed by atoms with Crippen molar-refractivity contribution in [2.75, 3.05) is 0 Å². The third-order valence-electron chi connectivity index (χ3n) is 17.5. The highest BCUT2D eigenvalue weighted by atomic mass is 15.0. The largest absolute Gasteiger partial charge is 0.208 e. The molecule has 0 amide bonds. The van der Waals surface area contributed by atoms with Crippen LogP contribution in [0.4, 0.5) is 0 Å². The number of nitrogens with zero attached hydrogens (tertiary/aromatic N) is 6. The minimum atomic E-state index is 0.0216. The maximum Gasteiger partial charge on any atom is 0.164 e. The molecule has 0 saturated carbocycles. The molecule has 0 fully saturated rings. The maximum atomic E-state index is 5.17. The van der Waals surface area contributed by atoms with E-state index in [0.29, 0.717) is 34.9 Å². The fourth-order valence-corrected chi connectivity index (χ4v) is 12.2. The summed E-state index contributed by atoms with van der Waals surface area (Å²) in [6.07, 6.45) is 0. The molecule has 2 aromatic heterocycles. The first kappa shape index (κ1) is 59.0. The van der Waals surface area contributed by atoms with Crippen LogP contribution >= 0.6 is 0 Å². The Balaban J connectivity index is 0.872. The van der Waals surface area contributed by atoms with Crippen molar-refractivity contribution in [3.8, 4) is 113 Å². The highest BCUT2D eigenvalue weighted by Crippen LogP contribution is 2.48. The van der Waals surface area contributed by atoms with Crippen molar-refractivity contribution in [3.63, 3.8) is 0 Å². The number of hydrogen-bond donors (Lipinski definition) is 0. The second-order valence-corrected chi connectivity index (χ2v) is 28.0. The summed E-state index contributed by atoms with van der Waals surface area (Å²) < 4.78 is 0. The van der Waals surface area contributed by atoms with Crippen LogP contribution in [0, 0.1) is 0 Å². The molecule has 0 bridgehead atoms. The van der Waals surface area contributed by atoms with Crippen molar-refractivity contribution >= 4 is 21.5 Å². The molecule has 0 unspecified atom stereocenters. The standard InChI is InChI=1S/C84H76N6/c1-81(2,3)61-45-37-57(38-46-61)77-85-75(86-78(89-77)58-39-47-62(48-40-58)82(4,5)6)55-33-29-53(30-34-55)65-21-13-15-23-67(65)73-69-25-17-19-27-71(69)74(72-28-20-18-26-70(72)73)68-24-16-14-22-66(68)54-31-35-56(36-32-54)76-87-79(59-41-49-63(50-42-59)83(7,8)9)90-80(88-76)60-43-51-64(52-44-60)84(10,11)12/h13-52H,1-12H3. The molecule has 0 N–H and O–H groups in total. The zero-order valence-electron chi connectivity index (χ0n) is 53.8. The third-order valence-corrected chi connectivity index (χ3v) is 17.5. The van der Waals surface area contributed by atoms with Crippen molar-refractivity contribution in [3.05, 3.63) is 265 Å². The summed E-state index contributed by atoms with van der Waals surface area (Å²) in [5.41, 5.74) is 19.9. The monoisotopic (exact) mass is 1170 g/mol. The van der Waals surface area contributed by atoms with Gasteiger partial charge in [-0.3, -0.25) is 0 Å². The van der Waals surface area contributed by atoms with Gasteiger partial charge < -0.3 is 0 Å². The third kappa shape index (κ3) is 11.8. The van der Waals surface area contributed by atoms with Crippen LogP contribution in [0.25, 0.3) is 134 Å². The molecule has 0 aliphatic heterocycles. The fraction of sp³-hybridized carbons (Fsp3) is 0.190. The van der Waals surface area contributed by atoms with Gasteiger partial charge in [-0.1, -0.05) is 326 Å². The van der Waals surface area contributed by atoms with E-state index >= 15 is 0 Å². The quantitative estimate of drug-likeness (QED) is 0.127. The zero-order chi connectivity index (χ0) is 62.7. The molecule has 13 aromatic rings. The van der Waals surface area contributed by atoms with Gasteiger partial charge in [0, 0.05) is 33.4 Å². The predicted molar refractivity (Wildman–Crippen MR) is 377 cm³/mol. The number of rotatable bonds is 10. The average molecular weight is 1170 g/mol. The Hall–Kier alpha value is -10.0. The van der Waals surface area contributed by atoms with E-state index in [4.69, 9.17) is 29.9 Å². The Bertz CT molecular complexity index is 4270. The van der Waals surface area contributed by atoms with Crippen LogP contribution in [0.3, 0.4) is 0 Å². The highest BCUT2D eigenvalue weighted by Gasteiger charge is 2.24. The second kappa shape index (κ2) is 23.2. The Morgan fingerprint density at radius 3 is 0.544 bits per heavy atom. The minimum Gasteiger partial charge on any atom is -0.208 e. The Morgan fingerprint density at radius 1 is 0.178 bits per heavy atom. The predicted octanol–water partition coefficient (Wildman–Crippen LogP) is 22.2. The first-order valence-electron chi connectivity index (χ1n) is 31.4. The molecule has 6 nitrogen and oxygen atoms in total. The molecular formula is C84H76N6. The molecule has 0 spiro atoms. The maximum absolute atomic E-state index is 5.17. The van der Waals surface area contributed by atoms with Crippen LogP contribution in [0.15, 0.2) is 243 Å². The molecule has 0 aliphatic carbocycles. The van der Waals surface area contributed by atoms with Gasteiger partial charge in [-0.05, 0) is 110 Å². The molecule has 2 heterocycles. The van der Waals surface area contributed by atoms with E-state index in [1.54, 1.807) is 0 Å². The normalized spacial score (nSPS) is 12.2. The Labute approximate surface area is 531 Å². The smallest absolute Gasteiger partial charge is 0.164 e. The van der Waals surface area contributed by atoms with Crippen molar-refractivity contribution in [2.24, 2.45) is 0 Å². The van der Waals surface area contributed by atoms with E-state index in [2.05, 4.69) is 326 Å². The molecule has 13 rings (SSSR count). The average Bonchev–Trinajstić information content (AvgIpc) is 0.742. The Morgan fingerprint density at radius 2 is 0.344 bits per heavy atom. The van der Waals surface area contributed by atoms with Crippen LogP contribution in [0.5, 0.6) is 0 Å². The molecule has 0 saturated heterocycles. The second-order valence-electron chi connectivity index (χ2n) is 28.0. The Kier molecular flexibility index (Phi) is 15.2. The molecule has 11 aromatic carbocycles. The number of benzene rings is 11. The highest BCUT2D eigenvalue weighted by molar-refractivity contribution is 6.23. The molecule has 0 aliphatic rings. The molecular weight excluding hydrogens is 1090 g/mol. The first-order valence-corrected chi connectivity index (χ1v) is 31.4. The lowest BCUT2D eigenvalue weighted by Gasteiger charge is -2.21. The molecule has 0 radical (unpaired) electrons. The summed E-state index contributed by atoms with van der Waals surface area (Å²) >= 11 is 0. The van der Waals surface area contributed by atoms with Gasteiger partial charge in [-0.25, -0.2) is 29.9 Å². The van der Waals surface area contributed by atoms with Gasteiger partial charge in [-0.15, -0.1) is 0 Å². The van der Waals surface area contributed by atoms with Crippen LogP contribution in [0.2, 0.25) is 0 Å². The van der Waals surface area contributed by atoms with E-state index in [-0.39, 0.29) is 21.7 Å². The zero-order valence-corrected chi connectivity index (χ0v) is 53.8. The lowest BCUT2D eigenvalue weighted by molar-refractivity contribution is 0.590. The molecule has 442 valence electrons. The summed E-state index contributed by atoms with van der Waals surface area (Å²) in [4.78, 5) is 30.9. The lowest BCUT2D eigenvalue weighted by atomic mass is 9.82. The minimum absolute atomic E-state index is 0.0216. The van der Waals surface area contributed by atoms with E-state index < -0.39 is 0 Å². The number of fused-ring (bicyclic) bond motifs is 2. The molecule has 0 atom stereocenters. The van der Waals surface area contributed by atoms with Crippen LogP contribution in [-0.2, 0) is 21.7 Å². The summed E-state index contributed by atoms with van der Waals surface area (Å²) in [5, 5.41) is 4.72. The van der Waals surface area contributed by atoms with Gasteiger partial charge in [0.2, 0.25) is 0 Å². The number of aromatic nitrogens is 6. The lowest BCUT2D eigenvalue weighted by Crippen LogP contribution is -2.11. The van der Waals surface area contributed by atoms with Crippen molar-refractivity contribution in [2.45, 2.75) is 105 Å². The van der Waals surface area contributed by atoms with Gasteiger partial charge in [-0.2, -0.15) is 0 Å². The first-order chi connectivity index (χ1) is 43.1. The van der Waals surface area contributed by atoms with E-state index in [9.17, 15) is 0 Å². The summed E-state index contributed by atoms with van der Waals surface area (Å²) in [6.45, 7) is 26.8. The van der Waals surface area contributed by atoms with Gasteiger partial charge in [0.05, 0.1) is 0 Å². The van der Waals surface area contributed by atoms with E-state index in [0.717, 1.165) is 66.8 Å². The van der Waals surface area contributed by atoms with Gasteiger partial charge in [0.25, 0.3) is 0 Å². The topological polar surface area (TPSA) is 77.3 Å². The van der Waals surface area contributed by atoms with Gasteiger partial charge in [0.15, 0.2) is 34.9 Å². The summed E-state index contributed by atoms with van der Waals surface area (Å²) in [5.74, 6) is 3.82. The molecule has 90 heavy (non-hydrogen) atoms. The van der Waals surface area contributed by atoms with Gasteiger partial charge >= 0.3 is 0 Å². The van der Waals surface area contributed by atoms with E-state index in [1.807, 2.05) is 0 Å².